The normalized spacial score (nSPS) is 24.8. The second kappa shape index (κ2) is 4.78. The predicted octanol–water partition coefficient (Wildman–Crippen LogP) is 2.49. The smallest absolute Gasteiger partial charge is 0.245 e. The molecule has 1 unspecified atom stereocenters. The number of anilines is 1. The largest absolute Gasteiger partial charge is 0.308 e. The van der Waals surface area contributed by atoms with Crippen molar-refractivity contribution < 1.29 is 4.79 Å². The van der Waals surface area contributed by atoms with E-state index in [-0.39, 0.29) is 17.4 Å². The molecule has 1 aromatic rings. The molecule has 1 amide bonds. The van der Waals surface area contributed by atoms with Gasteiger partial charge in [0.25, 0.3) is 0 Å². The van der Waals surface area contributed by atoms with Gasteiger partial charge in [-0.2, -0.15) is 0 Å². The molecule has 94 valence electrons. The molecule has 3 nitrogen and oxygen atoms in total. The molecule has 0 spiro atoms. The molecule has 2 heterocycles. The van der Waals surface area contributed by atoms with E-state index in [1.807, 2.05) is 29.5 Å². The Morgan fingerprint density at radius 2 is 2.29 bits per heavy atom. The number of hydrogen-bond acceptors (Lipinski definition) is 3. The minimum absolute atomic E-state index is 0.0256. The van der Waals surface area contributed by atoms with Gasteiger partial charge in [-0.1, -0.05) is 13.8 Å². The van der Waals surface area contributed by atoms with Crippen molar-refractivity contribution in [2.24, 2.45) is 5.41 Å². The van der Waals surface area contributed by atoms with Crippen molar-refractivity contribution >= 4 is 22.2 Å². The number of nitrogens with one attached hydrogen (secondary N) is 1. The average molecular weight is 252 g/mol. The topological polar surface area (TPSA) is 32.3 Å². The third-order valence-corrected chi connectivity index (χ3v) is 4.45. The zero-order chi connectivity index (χ0) is 12.5. The van der Waals surface area contributed by atoms with Crippen molar-refractivity contribution in [2.45, 2.75) is 32.7 Å². The first-order valence-electron chi connectivity index (χ1n) is 6.08. The van der Waals surface area contributed by atoms with Crippen LogP contribution in [0.1, 0.15) is 26.7 Å². The van der Waals surface area contributed by atoms with Gasteiger partial charge >= 0.3 is 0 Å². The minimum atomic E-state index is -0.0906. The van der Waals surface area contributed by atoms with Crippen LogP contribution in [0.15, 0.2) is 17.5 Å². The molecule has 0 aliphatic carbocycles. The van der Waals surface area contributed by atoms with Crippen LogP contribution in [0.4, 0.5) is 5.00 Å². The highest BCUT2D eigenvalue weighted by molar-refractivity contribution is 7.14. The first-order chi connectivity index (χ1) is 8.06. The molecule has 4 heteroatoms. The fourth-order valence-corrected chi connectivity index (χ4v) is 3.36. The van der Waals surface area contributed by atoms with Crippen molar-refractivity contribution in [3.63, 3.8) is 0 Å². The second-order valence-corrected chi connectivity index (χ2v) is 6.18. The summed E-state index contributed by atoms with van der Waals surface area (Å²) in [5.74, 6) is 0.206. The van der Waals surface area contributed by atoms with Gasteiger partial charge in [0.05, 0.1) is 11.0 Å². The van der Waals surface area contributed by atoms with E-state index in [1.54, 1.807) is 11.3 Å². The molecular weight excluding hydrogens is 232 g/mol. The number of rotatable bonds is 2. The van der Waals surface area contributed by atoms with Crippen LogP contribution in [0.3, 0.4) is 0 Å². The van der Waals surface area contributed by atoms with Crippen molar-refractivity contribution in [2.75, 3.05) is 18.5 Å². The van der Waals surface area contributed by atoms with Crippen LogP contribution in [-0.2, 0) is 4.79 Å². The third kappa shape index (κ3) is 2.38. The summed E-state index contributed by atoms with van der Waals surface area (Å²) in [7, 11) is 1.88. The lowest BCUT2D eigenvalue weighted by Crippen LogP contribution is -2.50. The van der Waals surface area contributed by atoms with Crippen molar-refractivity contribution in [1.82, 2.24) is 5.32 Å². The van der Waals surface area contributed by atoms with E-state index in [0.717, 1.165) is 24.4 Å². The van der Waals surface area contributed by atoms with E-state index in [0.29, 0.717) is 0 Å². The van der Waals surface area contributed by atoms with Gasteiger partial charge in [0.15, 0.2) is 0 Å². The summed E-state index contributed by atoms with van der Waals surface area (Å²) in [5, 5.41) is 6.27. The summed E-state index contributed by atoms with van der Waals surface area (Å²) < 4.78 is 0. The fraction of sp³-hybridized carbons (Fsp3) is 0.615. The Balaban J connectivity index is 2.29. The molecule has 1 atom stereocenters. The molecule has 1 fully saturated rings. The molecular formula is C13H20N2OS. The lowest BCUT2D eigenvalue weighted by atomic mass is 9.80. The lowest BCUT2D eigenvalue weighted by molar-refractivity contribution is -0.122. The number of carbonyl (C=O) groups excluding carboxylic acids is 1. The highest BCUT2D eigenvalue weighted by Crippen LogP contribution is 2.34. The quantitative estimate of drug-likeness (QED) is 0.877. The average Bonchev–Trinajstić information content (AvgIpc) is 2.74. The molecule has 0 radical (unpaired) electrons. The first-order valence-corrected chi connectivity index (χ1v) is 6.96. The number of likely N-dealkylation sites (N-methyl/N-ethyl adjacent to an activating group) is 1. The molecule has 0 bridgehead atoms. The van der Waals surface area contributed by atoms with Crippen molar-refractivity contribution in [3.05, 3.63) is 17.5 Å². The van der Waals surface area contributed by atoms with Gasteiger partial charge in [-0.25, -0.2) is 0 Å². The molecule has 17 heavy (non-hydrogen) atoms. The Kier molecular flexibility index (Phi) is 3.54. The Morgan fingerprint density at radius 3 is 2.88 bits per heavy atom. The SMILES string of the molecule is CNC1C(=O)N(c2cccs2)CCCC1(C)C. The van der Waals surface area contributed by atoms with E-state index in [1.165, 1.54) is 0 Å². The number of hydrogen-bond donors (Lipinski definition) is 1. The van der Waals surface area contributed by atoms with Crippen LogP contribution in [0.2, 0.25) is 0 Å². The van der Waals surface area contributed by atoms with Crippen LogP contribution in [0.25, 0.3) is 0 Å². The number of amides is 1. The maximum absolute atomic E-state index is 12.6. The van der Waals surface area contributed by atoms with Crippen LogP contribution in [-0.4, -0.2) is 25.5 Å². The predicted molar refractivity (Wildman–Crippen MR) is 72.5 cm³/mol. The summed E-state index contributed by atoms with van der Waals surface area (Å²) >= 11 is 1.63. The minimum Gasteiger partial charge on any atom is -0.308 e. The fourth-order valence-electron chi connectivity index (χ4n) is 2.59. The van der Waals surface area contributed by atoms with Crippen molar-refractivity contribution in [3.8, 4) is 0 Å². The lowest BCUT2D eigenvalue weighted by Gasteiger charge is -2.32. The van der Waals surface area contributed by atoms with Crippen LogP contribution in [0, 0.1) is 5.41 Å². The molecule has 1 saturated heterocycles. The summed E-state index contributed by atoms with van der Waals surface area (Å²) in [5.41, 5.74) is 0.0256. The second-order valence-electron chi connectivity index (χ2n) is 5.25. The Hall–Kier alpha value is -0.870. The van der Waals surface area contributed by atoms with E-state index in [2.05, 4.69) is 19.2 Å². The summed E-state index contributed by atoms with van der Waals surface area (Å²) in [4.78, 5) is 14.5. The first kappa shape index (κ1) is 12.6. The van der Waals surface area contributed by atoms with Gasteiger partial charge in [0, 0.05) is 6.54 Å². The van der Waals surface area contributed by atoms with Crippen LogP contribution >= 0.6 is 11.3 Å². The van der Waals surface area contributed by atoms with Gasteiger partial charge in [0.2, 0.25) is 5.91 Å². The Labute approximate surface area is 107 Å². The highest BCUT2D eigenvalue weighted by atomic mass is 32.1. The standard InChI is InChI=1S/C13H20N2OS/c1-13(2)7-5-8-15(10-6-4-9-17-10)12(16)11(13)14-3/h4,6,9,11,14H,5,7-8H2,1-3H3. The summed E-state index contributed by atoms with van der Waals surface area (Å²) in [6.07, 6.45) is 2.14. The molecule has 2 rings (SSSR count). The molecule has 1 N–H and O–H groups in total. The monoisotopic (exact) mass is 252 g/mol. The van der Waals surface area contributed by atoms with Gasteiger partial charge in [-0.15, -0.1) is 11.3 Å². The summed E-state index contributed by atoms with van der Waals surface area (Å²) in [6, 6.07) is 3.93. The van der Waals surface area contributed by atoms with Gasteiger partial charge in [-0.3, -0.25) is 4.79 Å². The van der Waals surface area contributed by atoms with E-state index < -0.39 is 0 Å². The number of thiophene rings is 1. The number of nitrogens with zero attached hydrogens (tertiary/aromatic N) is 1. The zero-order valence-electron chi connectivity index (χ0n) is 10.7. The maximum Gasteiger partial charge on any atom is 0.245 e. The van der Waals surface area contributed by atoms with E-state index >= 15 is 0 Å². The zero-order valence-corrected chi connectivity index (χ0v) is 11.5. The highest BCUT2D eigenvalue weighted by Gasteiger charge is 2.39. The van der Waals surface area contributed by atoms with E-state index in [9.17, 15) is 4.79 Å². The molecule has 1 aliphatic rings. The van der Waals surface area contributed by atoms with Gasteiger partial charge < -0.3 is 10.2 Å². The van der Waals surface area contributed by atoms with Crippen molar-refractivity contribution in [1.29, 1.82) is 0 Å². The molecule has 1 aromatic heterocycles. The van der Waals surface area contributed by atoms with E-state index in [4.69, 9.17) is 0 Å². The van der Waals surface area contributed by atoms with Crippen LogP contribution in [0.5, 0.6) is 0 Å². The third-order valence-electron chi connectivity index (χ3n) is 3.56. The molecule has 0 saturated carbocycles. The molecule has 1 aliphatic heterocycles. The van der Waals surface area contributed by atoms with Gasteiger partial charge in [-0.05, 0) is 42.8 Å². The Morgan fingerprint density at radius 1 is 1.53 bits per heavy atom. The van der Waals surface area contributed by atoms with Crippen LogP contribution < -0.4 is 10.2 Å². The maximum atomic E-state index is 12.6. The molecule has 0 aromatic carbocycles. The summed E-state index contributed by atoms with van der Waals surface area (Å²) in [6.45, 7) is 5.18. The van der Waals surface area contributed by atoms with Gasteiger partial charge in [0.1, 0.15) is 0 Å². The number of carbonyl (C=O) groups is 1. The Bertz CT molecular complexity index is 386.